The Morgan fingerprint density at radius 2 is 2.00 bits per heavy atom. The van der Waals surface area contributed by atoms with E-state index in [4.69, 9.17) is 4.74 Å². The fraction of sp³-hybridized carbons (Fsp3) is 0.500. The summed E-state index contributed by atoms with van der Waals surface area (Å²) in [6, 6.07) is 9.40. The fourth-order valence-corrected chi connectivity index (χ4v) is 4.82. The SMILES string of the molecule is CC(C)COc1ccc(C(=O)C2=C(C#N)NC3=C(CC(C(C)(C)C)CC3)S2)cc1. The Morgan fingerprint density at radius 3 is 2.59 bits per heavy atom. The van der Waals surface area contributed by atoms with Crippen molar-refractivity contribution in [1.82, 2.24) is 5.32 Å². The number of rotatable bonds is 5. The van der Waals surface area contributed by atoms with E-state index in [0.29, 0.717) is 34.6 Å². The lowest BCUT2D eigenvalue weighted by atomic mass is 9.73. The predicted octanol–water partition coefficient (Wildman–Crippen LogP) is 6.03. The first-order chi connectivity index (χ1) is 13.7. The molecule has 1 aliphatic heterocycles. The molecule has 29 heavy (non-hydrogen) atoms. The van der Waals surface area contributed by atoms with Crippen molar-refractivity contribution in [2.45, 2.75) is 53.9 Å². The largest absolute Gasteiger partial charge is 0.493 e. The Kier molecular flexibility index (Phi) is 6.43. The Hall–Kier alpha value is -2.19. The van der Waals surface area contributed by atoms with Gasteiger partial charge in [-0.25, -0.2) is 0 Å². The van der Waals surface area contributed by atoms with E-state index < -0.39 is 0 Å². The van der Waals surface area contributed by atoms with Crippen LogP contribution >= 0.6 is 11.8 Å². The minimum Gasteiger partial charge on any atom is -0.493 e. The second-order valence-corrected chi connectivity index (χ2v) is 10.4. The van der Waals surface area contributed by atoms with Crippen molar-refractivity contribution in [2.24, 2.45) is 17.3 Å². The molecule has 1 aromatic rings. The number of nitriles is 1. The third kappa shape index (κ3) is 5.05. The molecule has 1 unspecified atom stereocenters. The monoisotopic (exact) mass is 410 g/mol. The first kappa shape index (κ1) is 21.5. The van der Waals surface area contributed by atoms with Crippen molar-refractivity contribution in [3.05, 3.63) is 51.0 Å². The predicted molar refractivity (Wildman–Crippen MR) is 118 cm³/mol. The summed E-state index contributed by atoms with van der Waals surface area (Å²) in [5.41, 5.74) is 2.29. The number of thioether (sulfide) groups is 1. The normalized spacial score (nSPS) is 19.6. The van der Waals surface area contributed by atoms with Crippen LogP contribution in [0.3, 0.4) is 0 Å². The number of benzene rings is 1. The molecule has 4 nitrogen and oxygen atoms in total. The molecule has 0 bridgehead atoms. The van der Waals surface area contributed by atoms with Crippen LogP contribution in [0.4, 0.5) is 0 Å². The van der Waals surface area contributed by atoms with Gasteiger partial charge in [0.15, 0.2) is 0 Å². The molecule has 154 valence electrons. The number of hydrogen-bond acceptors (Lipinski definition) is 5. The fourth-order valence-electron chi connectivity index (χ4n) is 3.60. The van der Waals surface area contributed by atoms with E-state index in [1.165, 1.54) is 16.7 Å². The van der Waals surface area contributed by atoms with Crippen LogP contribution in [0.25, 0.3) is 0 Å². The van der Waals surface area contributed by atoms with Gasteiger partial charge in [-0.2, -0.15) is 5.26 Å². The van der Waals surface area contributed by atoms with Crippen LogP contribution in [0.5, 0.6) is 5.75 Å². The lowest BCUT2D eigenvalue weighted by Gasteiger charge is -2.37. The molecule has 0 radical (unpaired) electrons. The van der Waals surface area contributed by atoms with Gasteiger partial charge in [0, 0.05) is 16.2 Å². The molecule has 1 heterocycles. The van der Waals surface area contributed by atoms with Gasteiger partial charge in [-0.3, -0.25) is 4.79 Å². The number of carbonyl (C=O) groups is 1. The highest BCUT2D eigenvalue weighted by Gasteiger charge is 2.34. The molecule has 1 atom stereocenters. The summed E-state index contributed by atoms with van der Waals surface area (Å²) in [6.45, 7) is 11.7. The van der Waals surface area contributed by atoms with Crippen LogP contribution in [0, 0.1) is 28.6 Å². The maximum Gasteiger partial charge on any atom is 0.202 e. The molecular weight excluding hydrogens is 380 g/mol. The highest BCUT2D eigenvalue weighted by Crippen LogP contribution is 2.47. The van der Waals surface area contributed by atoms with Crippen molar-refractivity contribution in [1.29, 1.82) is 5.26 Å². The lowest BCUT2D eigenvalue weighted by Crippen LogP contribution is -2.30. The van der Waals surface area contributed by atoms with Crippen LogP contribution in [0.15, 0.2) is 45.5 Å². The quantitative estimate of drug-likeness (QED) is 0.600. The number of ether oxygens (including phenoxy) is 1. The van der Waals surface area contributed by atoms with Crippen molar-refractivity contribution >= 4 is 17.5 Å². The number of allylic oxidation sites excluding steroid dienone is 4. The van der Waals surface area contributed by atoms with Crippen LogP contribution in [0.1, 0.15) is 64.2 Å². The molecule has 0 saturated heterocycles. The van der Waals surface area contributed by atoms with E-state index in [2.05, 4.69) is 46.0 Å². The van der Waals surface area contributed by atoms with Gasteiger partial charge in [-0.15, -0.1) is 0 Å². The summed E-state index contributed by atoms with van der Waals surface area (Å²) < 4.78 is 5.70. The molecule has 1 N–H and O–H groups in total. The molecular formula is C24H30N2O2S. The van der Waals surface area contributed by atoms with Crippen LogP contribution < -0.4 is 10.1 Å². The minimum absolute atomic E-state index is 0.112. The standard InChI is InChI=1S/C24H30N2O2S/c1-15(2)14-28-18-9-6-16(7-10-18)22(27)23-20(13-25)26-19-11-8-17(24(3,4)5)12-21(19)29-23/h6-7,9-10,15,17,26H,8,11-12,14H2,1-5H3. The number of hydrogen-bond donors (Lipinski definition) is 1. The van der Waals surface area contributed by atoms with Crippen molar-refractivity contribution in [3.8, 4) is 11.8 Å². The van der Waals surface area contributed by atoms with E-state index in [1.807, 2.05) is 12.1 Å². The number of Topliss-reactive ketones (excluding diaryl/α,β-unsaturated/α-hetero) is 1. The lowest BCUT2D eigenvalue weighted by molar-refractivity contribution is 0.104. The third-order valence-electron chi connectivity index (χ3n) is 5.48. The third-order valence-corrected chi connectivity index (χ3v) is 6.74. The maximum atomic E-state index is 13.2. The highest BCUT2D eigenvalue weighted by molar-refractivity contribution is 8.07. The van der Waals surface area contributed by atoms with Crippen LogP contribution in [0.2, 0.25) is 0 Å². The number of nitrogens with zero attached hydrogens (tertiary/aromatic N) is 1. The molecule has 3 rings (SSSR count). The van der Waals surface area contributed by atoms with Gasteiger partial charge in [-0.05, 0) is 60.8 Å². The van der Waals surface area contributed by atoms with Crippen LogP contribution in [-0.2, 0) is 0 Å². The summed E-state index contributed by atoms with van der Waals surface area (Å²) in [5, 5.41) is 12.9. The first-order valence-electron chi connectivity index (χ1n) is 10.3. The van der Waals surface area contributed by atoms with Gasteiger partial charge < -0.3 is 10.1 Å². The van der Waals surface area contributed by atoms with Crippen molar-refractivity contribution in [3.63, 3.8) is 0 Å². The van der Waals surface area contributed by atoms with Crippen LogP contribution in [-0.4, -0.2) is 12.4 Å². The van der Waals surface area contributed by atoms with E-state index in [0.717, 1.165) is 30.7 Å². The smallest absolute Gasteiger partial charge is 0.202 e. The molecule has 0 saturated carbocycles. The maximum absolute atomic E-state index is 13.2. The van der Waals surface area contributed by atoms with Crippen molar-refractivity contribution < 1.29 is 9.53 Å². The summed E-state index contributed by atoms with van der Waals surface area (Å²) >= 11 is 1.48. The molecule has 1 aliphatic carbocycles. The average Bonchev–Trinajstić information content (AvgIpc) is 2.70. The Balaban J connectivity index is 1.77. The van der Waals surface area contributed by atoms with E-state index in [1.54, 1.807) is 12.1 Å². The molecule has 1 aromatic carbocycles. The molecule has 0 amide bonds. The van der Waals surface area contributed by atoms with Gasteiger partial charge in [0.2, 0.25) is 5.78 Å². The van der Waals surface area contributed by atoms with Crippen molar-refractivity contribution in [2.75, 3.05) is 6.61 Å². The average molecular weight is 411 g/mol. The molecule has 2 aliphatic rings. The number of nitrogens with one attached hydrogen (secondary N) is 1. The minimum atomic E-state index is -0.112. The zero-order valence-electron chi connectivity index (χ0n) is 18.0. The number of ketones is 1. The summed E-state index contributed by atoms with van der Waals surface area (Å²) in [6.07, 6.45) is 2.99. The molecule has 0 fully saturated rings. The van der Waals surface area contributed by atoms with E-state index in [9.17, 15) is 10.1 Å². The summed E-state index contributed by atoms with van der Waals surface area (Å²) in [4.78, 5) is 14.9. The first-order valence-corrected chi connectivity index (χ1v) is 11.1. The summed E-state index contributed by atoms with van der Waals surface area (Å²) in [5.74, 6) is 1.66. The number of carbonyl (C=O) groups excluding carboxylic acids is 1. The Labute approximate surface area is 178 Å². The van der Waals surface area contributed by atoms with E-state index >= 15 is 0 Å². The highest BCUT2D eigenvalue weighted by atomic mass is 32.2. The van der Waals surface area contributed by atoms with Gasteiger partial charge in [0.05, 0.1) is 11.5 Å². The summed E-state index contributed by atoms with van der Waals surface area (Å²) in [7, 11) is 0. The molecule has 5 heteroatoms. The Morgan fingerprint density at radius 1 is 1.31 bits per heavy atom. The van der Waals surface area contributed by atoms with Gasteiger partial charge >= 0.3 is 0 Å². The van der Waals surface area contributed by atoms with Gasteiger partial charge in [0.25, 0.3) is 0 Å². The zero-order valence-corrected chi connectivity index (χ0v) is 18.8. The zero-order chi connectivity index (χ0) is 21.2. The second-order valence-electron chi connectivity index (χ2n) is 9.31. The van der Waals surface area contributed by atoms with Gasteiger partial charge in [-0.1, -0.05) is 46.4 Å². The molecule has 0 aromatic heterocycles. The topological polar surface area (TPSA) is 62.1 Å². The Bertz CT molecular complexity index is 883. The van der Waals surface area contributed by atoms with E-state index in [-0.39, 0.29) is 11.2 Å². The van der Waals surface area contributed by atoms with Gasteiger partial charge in [0.1, 0.15) is 17.5 Å². The molecule has 0 spiro atoms. The second kappa shape index (κ2) is 8.67.